The molecule has 2 rings (SSSR count). The van der Waals surface area contributed by atoms with Crippen LogP contribution in [0.3, 0.4) is 0 Å². The molecule has 0 aromatic rings. The van der Waals surface area contributed by atoms with Crippen LogP contribution in [0.25, 0.3) is 0 Å². The standard InChI is InChI=1S/C19H32O7/c1-10-7-12(21)8-19(3,4)13(10)6-5-11(2)25-18-17(24)16(23)15(22)14(9-20)26-18/h7,11,13-18,20,22-24H,5-6,8-9H2,1-4H3. The summed E-state index contributed by atoms with van der Waals surface area (Å²) in [6.45, 7) is 7.53. The van der Waals surface area contributed by atoms with E-state index in [1.807, 2.05) is 13.8 Å². The Kier molecular flexibility index (Phi) is 6.98. The number of aliphatic hydroxyl groups is 4. The Bertz CT molecular complexity index is 528. The molecule has 4 N–H and O–H groups in total. The van der Waals surface area contributed by atoms with Crippen LogP contribution in [0.5, 0.6) is 0 Å². The molecule has 0 bridgehead atoms. The summed E-state index contributed by atoms with van der Waals surface area (Å²) in [5.41, 5.74) is 0.963. The van der Waals surface area contributed by atoms with Gasteiger partial charge in [0, 0.05) is 6.42 Å². The summed E-state index contributed by atoms with van der Waals surface area (Å²) >= 11 is 0. The highest BCUT2D eigenvalue weighted by molar-refractivity contribution is 5.91. The zero-order valence-corrected chi connectivity index (χ0v) is 16.0. The van der Waals surface area contributed by atoms with Gasteiger partial charge in [-0.25, -0.2) is 0 Å². The van der Waals surface area contributed by atoms with Gasteiger partial charge in [0.2, 0.25) is 0 Å². The number of carbonyl (C=O) groups excluding carboxylic acids is 1. The molecule has 0 radical (unpaired) electrons. The molecule has 7 nitrogen and oxygen atoms in total. The van der Waals surface area contributed by atoms with E-state index in [0.717, 1.165) is 12.0 Å². The third-order valence-corrected chi connectivity index (χ3v) is 5.59. The van der Waals surface area contributed by atoms with Crippen LogP contribution in [-0.4, -0.2) is 69.6 Å². The lowest BCUT2D eigenvalue weighted by Gasteiger charge is -2.41. The van der Waals surface area contributed by atoms with E-state index in [-0.39, 0.29) is 23.2 Å². The first kappa shape index (κ1) is 21.5. The quantitative estimate of drug-likeness (QED) is 0.537. The van der Waals surface area contributed by atoms with Crippen molar-refractivity contribution in [3.8, 4) is 0 Å². The van der Waals surface area contributed by atoms with Gasteiger partial charge in [-0.05, 0) is 44.1 Å². The monoisotopic (exact) mass is 372 g/mol. The number of carbonyl (C=O) groups is 1. The van der Waals surface area contributed by atoms with E-state index in [0.29, 0.717) is 12.8 Å². The SMILES string of the molecule is CC1=CC(=O)CC(C)(C)C1CCC(C)OC1OC(CO)C(O)C(O)C1O. The van der Waals surface area contributed by atoms with Crippen LogP contribution in [-0.2, 0) is 14.3 Å². The Morgan fingerprint density at radius 3 is 2.50 bits per heavy atom. The second-order valence-electron chi connectivity index (χ2n) is 8.29. The molecule has 7 heteroatoms. The zero-order valence-electron chi connectivity index (χ0n) is 16.0. The van der Waals surface area contributed by atoms with Crippen molar-refractivity contribution in [1.82, 2.24) is 0 Å². The minimum atomic E-state index is -1.44. The number of rotatable bonds is 6. The van der Waals surface area contributed by atoms with Gasteiger partial charge >= 0.3 is 0 Å². The fourth-order valence-electron chi connectivity index (χ4n) is 4.09. The number of ether oxygens (including phenoxy) is 2. The minimum absolute atomic E-state index is 0.112. The molecule has 0 spiro atoms. The van der Waals surface area contributed by atoms with Gasteiger partial charge in [0.05, 0.1) is 12.7 Å². The highest BCUT2D eigenvalue weighted by Gasteiger charge is 2.44. The largest absolute Gasteiger partial charge is 0.394 e. The van der Waals surface area contributed by atoms with Crippen LogP contribution >= 0.6 is 0 Å². The van der Waals surface area contributed by atoms with E-state index in [9.17, 15) is 25.2 Å². The maximum Gasteiger partial charge on any atom is 0.186 e. The van der Waals surface area contributed by atoms with Crippen LogP contribution in [0.15, 0.2) is 11.6 Å². The molecule has 1 heterocycles. The first-order chi connectivity index (χ1) is 12.1. The lowest BCUT2D eigenvalue weighted by atomic mass is 9.66. The van der Waals surface area contributed by atoms with Crippen LogP contribution < -0.4 is 0 Å². The van der Waals surface area contributed by atoms with Crippen molar-refractivity contribution in [3.05, 3.63) is 11.6 Å². The van der Waals surface area contributed by atoms with Crippen molar-refractivity contribution in [2.24, 2.45) is 11.3 Å². The number of hydrogen-bond acceptors (Lipinski definition) is 7. The minimum Gasteiger partial charge on any atom is -0.394 e. The van der Waals surface area contributed by atoms with Crippen molar-refractivity contribution >= 4 is 5.78 Å². The molecule has 1 aliphatic heterocycles. The predicted molar refractivity (Wildman–Crippen MR) is 94.2 cm³/mol. The van der Waals surface area contributed by atoms with Gasteiger partial charge in [-0.1, -0.05) is 19.4 Å². The lowest BCUT2D eigenvalue weighted by molar-refractivity contribution is -0.310. The van der Waals surface area contributed by atoms with Gasteiger partial charge in [0.15, 0.2) is 12.1 Å². The molecule has 0 aromatic carbocycles. The maximum atomic E-state index is 11.8. The molecule has 1 fully saturated rings. The Morgan fingerprint density at radius 2 is 1.92 bits per heavy atom. The highest BCUT2D eigenvalue weighted by Crippen LogP contribution is 2.42. The molecular weight excluding hydrogens is 340 g/mol. The third-order valence-electron chi connectivity index (χ3n) is 5.59. The third kappa shape index (κ3) is 4.71. The van der Waals surface area contributed by atoms with Gasteiger partial charge in [-0.2, -0.15) is 0 Å². The van der Waals surface area contributed by atoms with Crippen LogP contribution in [0.2, 0.25) is 0 Å². The van der Waals surface area contributed by atoms with E-state index in [1.54, 1.807) is 6.08 Å². The van der Waals surface area contributed by atoms with E-state index >= 15 is 0 Å². The van der Waals surface area contributed by atoms with Crippen LogP contribution in [0, 0.1) is 11.3 Å². The molecule has 1 saturated heterocycles. The Morgan fingerprint density at radius 1 is 1.27 bits per heavy atom. The smallest absolute Gasteiger partial charge is 0.186 e. The van der Waals surface area contributed by atoms with Crippen molar-refractivity contribution < 1.29 is 34.7 Å². The molecule has 0 aromatic heterocycles. The Balaban J connectivity index is 1.93. The molecule has 26 heavy (non-hydrogen) atoms. The topological polar surface area (TPSA) is 116 Å². The summed E-state index contributed by atoms with van der Waals surface area (Å²) in [5.74, 6) is 0.426. The molecule has 2 aliphatic rings. The van der Waals surface area contributed by atoms with E-state index in [1.165, 1.54) is 0 Å². The average molecular weight is 372 g/mol. The first-order valence-electron chi connectivity index (χ1n) is 9.23. The maximum absolute atomic E-state index is 11.8. The van der Waals surface area contributed by atoms with Gasteiger partial charge < -0.3 is 29.9 Å². The fraction of sp³-hybridized carbons (Fsp3) is 0.842. The second-order valence-corrected chi connectivity index (χ2v) is 8.29. The summed E-state index contributed by atoms with van der Waals surface area (Å²) in [5, 5.41) is 38.9. The summed E-state index contributed by atoms with van der Waals surface area (Å²) in [6.07, 6.45) is -2.82. The highest BCUT2D eigenvalue weighted by atomic mass is 16.7. The fourth-order valence-corrected chi connectivity index (χ4v) is 4.09. The molecule has 1 aliphatic carbocycles. The molecule has 150 valence electrons. The van der Waals surface area contributed by atoms with E-state index < -0.39 is 37.3 Å². The normalized spacial score (nSPS) is 38.8. The summed E-state index contributed by atoms with van der Waals surface area (Å²) < 4.78 is 11.1. The number of hydrogen-bond donors (Lipinski definition) is 4. The van der Waals surface area contributed by atoms with Crippen molar-refractivity contribution in [2.75, 3.05) is 6.61 Å². The lowest BCUT2D eigenvalue weighted by Crippen LogP contribution is -2.59. The van der Waals surface area contributed by atoms with Gasteiger partial charge in [-0.3, -0.25) is 4.79 Å². The molecule has 7 unspecified atom stereocenters. The molecule has 7 atom stereocenters. The second kappa shape index (κ2) is 8.46. The molecular formula is C19H32O7. The number of ketones is 1. The summed E-state index contributed by atoms with van der Waals surface area (Å²) in [7, 11) is 0. The Hall–Kier alpha value is -0.830. The first-order valence-corrected chi connectivity index (χ1v) is 9.23. The summed E-state index contributed by atoms with van der Waals surface area (Å²) in [4.78, 5) is 11.8. The van der Waals surface area contributed by atoms with Crippen molar-refractivity contribution in [3.63, 3.8) is 0 Å². The van der Waals surface area contributed by atoms with Crippen molar-refractivity contribution in [1.29, 1.82) is 0 Å². The molecule has 0 saturated carbocycles. The number of allylic oxidation sites excluding steroid dienone is 2. The summed E-state index contributed by atoms with van der Waals surface area (Å²) in [6, 6.07) is 0. The molecule has 0 amide bonds. The number of aliphatic hydroxyl groups excluding tert-OH is 4. The van der Waals surface area contributed by atoms with Gasteiger partial charge in [0.1, 0.15) is 24.4 Å². The van der Waals surface area contributed by atoms with Gasteiger partial charge in [-0.15, -0.1) is 0 Å². The van der Waals surface area contributed by atoms with Gasteiger partial charge in [0.25, 0.3) is 0 Å². The van der Waals surface area contributed by atoms with Crippen LogP contribution in [0.4, 0.5) is 0 Å². The van der Waals surface area contributed by atoms with Crippen molar-refractivity contribution in [2.45, 2.75) is 83.8 Å². The van der Waals surface area contributed by atoms with Crippen LogP contribution in [0.1, 0.15) is 47.0 Å². The van der Waals surface area contributed by atoms with E-state index in [4.69, 9.17) is 9.47 Å². The Labute approximate surface area is 154 Å². The van der Waals surface area contributed by atoms with E-state index in [2.05, 4.69) is 13.8 Å². The zero-order chi connectivity index (χ0) is 19.6. The predicted octanol–water partition coefficient (Wildman–Crippen LogP) is 0.533. The average Bonchev–Trinajstić information content (AvgIpc) is 2.53.